The number of carbonyl (C=O) groups excluding carboxylic acids is 3. The van der Waals surface area contributed by atoms with Crippen LogP contribution < -0.4 is 14.4 Å². The molecule has 3 aromatic rings. The van der Waals surface area contributed by atoms with Gasteiger partial charge in [-0.1, -0.05) is 67.7 Å². The van der Waals surface area contributed by atoms with E-state index in [1.54, 1.807) is 31.2 Å². The average molecular weight is 575 g/mol. The standard InChI is InChI=1S/C32H34N2O6S/c1-6-39-26-18-23(13-15-25(26)40-17-16-19(2)3)28-27(24(36)14-12-22-10-8-7-9-11-22)29(37)31(38)34(28)32-33-20(4)30(41-32)21(5)35/h7-15,18-19,28,37H,6,16-17H2,1-5H3. The Morgan fingerprint density at radius 1 is 1.12 bits per heavy atom. The highest BCUT2D eigenvalue weighted by atomic mass is 32.1. The van der Waals surface area contributed by atoms with Crippen LogP contribution in [0.15, 0.2) is 65.9 Å². The first-order chi connectivity index (χ1) is 19.6. The second-order valence-corrected chi connectivity index (χ2v) is 11.1. The number of Topliss-reactive ketones (excluding diaryl/α,β-unsaturated/α-hetero) is 1. The van der Waals surface area contributed by atoms with Crippen LogP contribution in [0.25, 0.3) is 6.08 Å². The first-order valence-corrected chi connectivity index (χ1v) is 14.4. The van der Waals surface area contributed by atoms with Gasteiger partial charge in [-0.3, -0.25) is 19.3 Å². The van der Waals surface area contributed by atoms with E-state index in [2.05, 4.69) is 18.8 Å². The van der Waals surface area contributed by atoms with Crippen LogP contribution >= 0.6 is 11.3 Å². The number of benzene rings is 2. The van der Waals surface area contributed by atoms with Gasteiger partial charge in [0.1, 0.15) is 0 Å². The number of rotatable bonds is 12. The number of carbonyl (C=O) groups is 3. The Morgan fingerprint density at radius 3 is 2.49 bits per heavy atom. The molecule has 2 aromatic carbocycles. The monoisotopic (exact) mass is 574 g/mol. The topological polar surface area (TPSA) is 106 Å². The molecule has 1 unspecified atom stereocenters. The molecule has 0 aliphatic carbocycles. The van der Waals surface area contributed by atoms with Crippen molar-refractivity contribution in [3.05, 3.63) is 87.6 Å². The molecular formula is C32H34N2O6S. The number of ether oxygens (including phenoxy) is 2. The molecule has 8 nitrogen and oxygen atoms in total. The number of thiazole rings is 1. The third-order valence-electron chi connectivity index (χ3n) is 6.55. The van der Waals surface area contributed by atoms with E-state index in [1.807, 2.05) is 37.3 Å². The van der Waals surface area contributed by atoms with E-state index in [0.29, 0.717) is 46.8 Å². The molecule has 0 bridgehead atoms. The number of aryl methyl sites for hydroxylation is 1. The molecule has 41 heavy (non-hydrogen) atoms. The normalized spacial score (nSPS) is 15.3. The molecule has 9 heteroatoms. The maximum Gasteiger partial charge on any atom is 0.296 e. The van der Waals surface area contributed by atoms with Gasteiger partial charge >= 0.3 is 0 Å². The van der Waals surface area contributed by atoms with Crippen molar-refractivity contribution < 1.29 is 29.0 Å². The number of hydrogen-bond acceptors (Lipinski definition) is 8. The van der Waals surface area contributed by atoms with E-state index in [1.165, 1.54) is 17.9 Å². The first kappa shape index (κ1) is 29.7. The molecule has 1 aliphatic rings. The highest BCUT2D eigenvalue weighted by Gasteiger charge is 2.45. The van der Waals surface area contributed by atoms with Crippen LogP contribution in [0, 0.1) is 12.8 Å². The van der Waals surface area contributed by atoms with Crippen LogP contribution in [-0.2, 0) is 9.59 Å². The van der Waals surface area contributed by atoms with Crippen molar-refractivity contribution in [2.24, 2.45) is 5.92 Å². The van der Waals surface area contributed by atoms with Crippen molar-refractivity contribution in [1.29, 1.82) is 0 Å². The molecule has 214 valence electrons. The van der Waals surface area contributed by atoms with Gasteiger partial charge in [0.25, 0.3) is 5.91 Å². The maximum atomic E-state index is 13.6. The number of aromatic nitrogens is 1. The summed E-state index contributed by atoms with van der Waals surface area (Å²) in [6.07, 6.45) is 3.83. The van der Waals surface area contributed by atoms with Gasteiger partial charge in [-0.15, -0.1) is 0 Å². The summed E-state index contributed by atoms with van der Waals surface area (Å²) in [4.78, 5) is 45.4. The molecule has 1 aromatic heterocycles. The predicted octanol–water partition coefficient (Wildman–Crippen LogP) is 6.66. The number of allylic oxidation sites excluding steroid dienone is 1. The Kier molecular flexibility index (Phi) is 9.39. The zero-order chi connectivity index (χ0) is 29.7. The molecule has 1 N–H and O–H groups in total. The van der Waals surface area contributed by atoms with Crippen LogP contribution in [-0.4, -0.2) is 40.8 Å². The van der Waals surface area contributed by atoms with Crippen molar-refractivity contribution in [3.63, 3.8) is 0 Å². The van der Waals surface area contributed by atoms with Crippen LogP contribution in [0.4, 0.5) is 5.13 Å². The molecule has 0 fully saturated rings. The van der Waals surface area contributed by atoms with E-state index < -0.39 is 23.5 Å². The summed E-state index contributed by atoms with van der Waals surface area (Å²) < 4.78 is 11.9. The van der Waals surface area contributed by atoms with Crippen LogP contribution in [0.5, 0.6) is 11.5 Å². The number of nitrogens with zero attached hydrogens (tertiary/aromatic N) is 2. The van der Waals surface area contributed by atoms with Crippen molar-refractivity contribution >= 4 is 40.0 Å². The van der Waals surface area contributed by atoms with Crippen LogP contribution in [0.3, 0.4) is 0 Å². The third-order valence-corrected chi connectivity index (χ3v) is 7.81. The van der Waals surface area contributed by atoms with Gasteiger partial charge in [0.2, 0.25) is 0 Å². The zero-order valence-corrected chi connectivity index (χ0v) is 24.7. The lowest BCUT2D eigenvalue weighted by molar-refractivity contribution is -0.117. The Balaban J connectivity index is 1.81. The Hall–Kier alpha value is -4.24. The van der Waals surface area contributed by atoms with Crippen molar-refractivity contribution in [3.8, 4) is 11.5 Å². The fourth-order valence-corrected chi connectivity index (χ4v) is 5.48. The predicted molar refractivity (Wildman–Crippen MR) is 160 cm³/mol. The smallest absolute Gasteiger partial charge is 0.296 e. The summed E-state index contributed by atoms with van der Waals surface area (Å²) in [5, 5.41) is 11.3. The molecule has 0 saturated carbocycles. The molecule has 0 saturated heterocycles. The Morgan fingerprint density at radius 2 is 1.85 bits per heavy atom. The summed E-state index contributed by atoms with van der Waals surface area (Å²) in [6, 6.07) is 13.5. The molecule has 1 amide bonds. The number of aliphatic hydroxyl groups is 1. The van der Waals surface area contributed by atoms with Crippen LogP contribution in [0.1, 0.15) is 66.7 Å². The summed E-state index contributed by atoms with van der Waals surface area (Å²) in [5.41, 5.74) is 1.70. The minimum atomic E-state index is -1.01. The largest absolute Gasteiger partial charge is 0.503 e. The molecule has 1 aliphatic heterocycles. The van der Waals surface area contributed by atoms with E-state index >= 15 is 0 Å². The molecule has 2 heterocycles. The zero-order valence-electron chi connectivity index (χ0n) is 23.8. The van der Waals surface area contributed by atoms with Gasteiger partial charge in [-0.25, -0.2) is 4.98 Å². The second kappa shape index (κ2) is 13.0. The average Bonchev–Trinajstić information content (AvgIpc) is 3.45. The molecule has 0 spiro atoms. The van der Waals surface area contributed by atoms with Gasteiger partial charge in [0.15, 0.2) is 34.0 Å². The third kappa shape index (κ3) is 6.57. The molecule has 1 atom stereocenters. The fourth-order valence-electron chi connectivity index (χ4n) is 4.49. The molecular weight excluding hydrogens is 540 g/mol. The first-order valence-electron chi connectivity index (χ1n) is 13.5. The van der Waals surface area contributed by atoms with Crippen molar-refractivity contribution in [2.45, 2.75) is 47.1 Å². The van der Waals surface area contributed by atoms with Crippen molar-refractivity contribution in [1.82, 2.24) is 4.98 Å². The van der Waals surface area contributed by atoms with E-state index in [4.69, 9.17) is 9.47 Å². The second-order valence-electron chi connectivity index (χ2n) is 10.1. The summed E-state index contributed by atoms with van der Waals surface area (Å²) in [7, 11) is 0. The van der Waals surface area contributed by atoms with Gasteiger partial charge in [-0.2, -0.15) is 0 Å². The number of amides is 1. The minimum absolute atomic E-state index is 0.0877. The molecule has 4 rings (SSSR count). The van der Waals surface area contributed by atoms with E-state index in [0.717, 1.165) is 23.3 Å². The van der Waals surface area contributed by atoms with Gasteiger partial charge in [0, 0.05) is 6.92 Å². The SMILES string of the molecule is CCOc1cc(C2C(C(=O)C=Cc3ccccc3)=C(O)C(=O)N2c2nc(C)c(C(C)=O)s2)ccc1OCCC(C)C. The summed E-state index contributed by atoms with van der Waals surface area (Å²) >= 11 is 1.05. The van der Waals surface area contributed by atoms with Gasteiger partial charge in [0.05, 0.1) is 35.4 Å². The number of hydrogen-bond donors (Lipinski definition) is 1. The Bertz CT molecular complexity index is 1510. The number of aliphatic hydroxyl groups excluding tert-OH is 1. The minimum Gasteiger partial charge on any atom is -0.503 e. The fraction of sp³-hybridized carbons (Fsp3) is 0.312. The van der Waals surface area contributed by atoms with Gasteiger partial charge in [-0.05, 0) is 55.5 Å². The molecule has 0 radical (unpaired) electrons. The van der Waals surface area contributed by atoms with Crippen molar-refractivity contribution in [2.75, 3.05) is 18.1 Å². The van der Waals surface area contributed by atoms with Crippen LogP contribution in [0.2, 0.25) is 0 Å². The van der Waals surface area contributed by atoms with Gasteiger partial charge < -0.3 is 14.6 Å². The number of ketones is 2. The lowest BCUT2D eigenvalue weighted by Crippen LogP contribution is -2.31. The summed E-state index contributed by atoms with van der Waals surface area (Å²) in [5.74, 6) is -0.677. The van der Waals surface area contributed by atoms with E-state index in [-0.39, 0.29) is 16.5 Å². The highest BCUT2D eigenvalue weighted by Crippen LogP contribution is 2.45. The summed E-state index contributed by atoms with van der Waals surface area (Å²) in [6.45, 7) is 10.1. The number of anilines is 1. The Labute approximate surface area is 243 Å². The quantitative estimate of drug-likeness (QED) is 0.190. The lowest BCUT2D eigenvalue weighted by Gasteiger charge is -2.25. The highest BCUT2D eigenvalue weighted by molar-refractivity contribution is 7.17. The maximum absolute atomic E-state index is 13.6. The lowest BCUT2D eigenvalue weighted by atomic mass is 9.95. The van der Waals surface area contributed by atoms with E-state index in [9.17, 15) is 19.5 Å².